The number of amides is 2. The molecule has 1 aromatic heterocycles. The Morgan fingerprint density at radius 2 is 2.37 bits per heavy atom. The number of aromatic nitrogens is 2. The molecule has 8 heteroatoms. The molecule has 1 rings (SSSR count). The van der Waals surface area contributed by atoms with E-state index >= 15 is 0 Å². The number of hydrogen-bond donors (Lipinski definition) is 3. The first-order valence-electron chi connectivity index (χ1n) is 5.76. The van der Waals surface area contributed by atoms with Crippen LogP contribution in [0.25, 0.3) is 0 Å². The van der Waals surface area contributed by atoms with Gasteiger partial charge in [-0.15, -0.1) is 0 Å². The molecular formula is C11H18N4O3S. The molecule has 0 radical (unpaired) electrons. The van der Waals surface area contributed by atoms with E-state index in [2.05, 4.69) is 15.3 Å². The second-order valence-corrected chi connectivity index (χ2v) is 5.00. The Kier molecular flexibility index (Phi) is 6.20. The van der Waals surface area contributed by atoms with Gasteiger partial charge in [-0.1, -0.05) is 0 Å². The summed E-state index contributed by atoms with van der Waals surface area (Å²) < 4.78 is 0. The molecule has 1 aromatic rings. The number of aliphatic carboxylic acids is 1. The number of carbonyl (C=O) groups excluding carboxylic acids is 1. The van der Waals surface area contributed by atoms with Crippen LogP contribution in [0.5, 0.6) is 0 Å². The number of nitrogens with zero attached hydrogens (tertiary/aromatic N) is 2. The van der Waals surface area contributed by atoms with E-state index in [1.54, 1.807) is 31.2 Å². The van der Waals surface area contributed by atoms with E-state index in [1.165, 1.54) is 4.90 Å². The third-order valence-corrected chi connectivity index (χ3v) is 3.14. The minimum Gasteiger partial charge on any atom is -0.480 e. The van der Waals surface area contributed by atoms with Gasteiger partial charge >= 0.3 is 12.0 Å². The smallest absolute Gasteiger partial charge is 0.326 e. The zero-order chi connectivity index (χ0) is 14.3. The van der Waals surface area contributed by atoms with Gasteiger partial charge in [0.15, 0.2) is 0 Å². The molecular weight excluding hydrogens is 268 g/mol. The molecule has 7 nitrogen and oxygen atoms in total. The number of carboxylic acid groups (broad SMARTS) is 1. The van der Waals surface area contributed by atoms with Crippen LogP contribution in [-0.4, -0.2) is 57.1 Å². The third-order valence-electron chi connectivity index (χ3n) is 2.49. The molecule has 0 unspecified atom stereocenters. The average Bonchev–Trinajstić information content (AvgIpc) is 2.86. The number of imidazole rings is 1. The maximum atomic E-state index is 11.9. The van der Waals surface area contributed by atoms with Crippen LogP contribution in [0.15, 0.2) is 12.4 Å². The molecule has 0 bridgehead atoms. The SMILES string of the molecule is CSCC[C@@H](NC(=O)N(C)Cc1ncc[nH]1)C(=O)O. The molecule has 1 heterocycles. The van der Waals surface area contributed by atoms with Crippen molar-refractivity contribution in [1.29, 1.82) is 0 Å². The molecule has 0 saturated heterocycles. The fourth-order valence-electron chi connectivity index (χ4n) is 1.43. The maximum absolute atomic E-state index is 11.9. The van der Waals surface area contributed by atoms with E-state index in [0.29, 0.717) is 24.5 Å². The lowest BCUT2D eigenvalue weighted by atomic mass is 10.2. The minimum atomic E-state index is -1.02. The quantitative estimate of drug-likeness (QED) is 0.687. The first-order valence-corrected chi connectivity index (χ1v) is 7.15. The first-order chi connectivity index (χ1) is 9.04. The van der Waals surface area contributed by atoms with E-state index < -0.39 is 18.0 Å². The molecule has 1 atom stereocenters. The lowest BCUT2D eigenvalue weighted by Crippen LogP contribution is -2.46. The van der Waals surface area contributed by atoms with Gasteiger partial charge in [-0.25, -0.2) is 14.6 Å². The average molecular weight is 286 g/mol. The Morgan fingerprint density at radius 1 is 1.63 bits per heavy atom. The van der Waals surface area contributed by atoms with E-state index in [9.17, 15) is 9.59 Å². The molecule has 3 N–H and O–H groups in total. The Hall–Kier alpha value is -1.70. The molecule has 0 saturated carbocycles. The summed E-state index contributed by atoms with van der Waals surface area (Å²) in [6, 6.07) is -1.29. The molecule has 0 aliphatic rings. The van der Waals surface area contributed by atoms with Crippen LogP contribution in [-0.2, 0) is 11.3 Å². The summed E-state index contributed by atoms with van der Waals surface area (Å²) in [5.41, 5.74) is 0. The normalized spacial score (nSPS) is 11.9. The van der Waals surface area contributed by atoms with Crippen LogP contribution in [0.2, 0.25) is 0 Å². The topological polar surface area (TPSA) is 98.3 Å². The van der Waals surface area contributed by atoms with Gasteiger partial charge in [0.05, 0.1) is 6.54 Å². The van der Waals surface area contributed by atoms with Gasteiger partial charge in [-0.2, -0.15) is 11.8 Å². The van der Waals surface area contributed by atoms with Gasteiger partial charge in [0.25, 0.3) is 0 Å². The first kappa shape index (κ1) is 15.4. The van der Waals surface area contributed by atoms with Crippen molar-refractivity contribution in [3.05, 3.63) is 18.2 Å². The van der Waals surface area contributed by atoms with Crippen molar-refractivity contribution in [1.82, 2.24) is 20.2 Å². The van der Waals surface area contributed by atoms with Gasteiger partial charge in [0.2, 0.25) is 0 Å². The fourth-order valence-corrected chi connectivity index (χ4v) is 1.90. The number of rotatable bonds is 7. The number of aromatic amines is 1. The van der Waals surface area contributed by atoms with Gasteiger partial charge < -0.3 is 20.3 Å². The molecule has 0 aromatic carbocycles. The Bertz CT molecular complexity index is 410. The van der Waals surface area contributed by atoms with E-state index in [-0.39, 0.29) is 0 Å². The van der Waals surface area contributed by atoms with Crippen molar-refractivity contribution in [2.75, 3.05) is 19.1 Å². The zero-order valence-electron chi connectivity index (χ0n) is 10.9. The summed E-state index contributed by atoms with van der Waals surface area (Å²) in [7, 11) is 1.59. The largest absolute Gasteiger partial charge is 0.480 e. The molecule has 0 spiro atoms. The third kappa shape index (κ3) is 5.21. The van der Waals surface area contributed by atoms with E-state index in [0.717, 1.165) is 0 Å². The molecule has 19 heavy (non-hydrogen) atoms. The molecule has 2 amide bonds. The van der Waals surface area contributed by atoms with Crippen LogP contribution < -0.4 is 5.32 Å². The summed E-state index contributed by atoms with van der Waals surface area (Å²) in [5, 5.41) is 11.5. The van der Waals surface area contributed by atoms with Crippen molar-refractivity contribution < 1.29 is 14.7 Å². The number of nitrogens with one attached hydrogen (secondary N) is 2. The monoisotopic (exact) mass is 286 g/mol. The minimum absolute atomic E-state index is 0.299. The second kappa shape index (κ2) is 7.67. The summed E-state index contributed by atoms with van der Waals surface area (Å²) >= 11 is 1.54. The van der Waals surface area contributed by atoms with Crippen molar-refractivity contribution in [2.45, 2.75) is 19.0 Å². The number of carboxylic acids is 1. The van der Waals surface area contributed by atoms with Gasteiger partial charge in [0, 0.05) is 19.4 Å². The standard InChI is InChI=1S/C11H18N4O3S/c1-15(7-9-12-4-5-13-9)11(18)14-8(10(16)17)3-6-19-2/h4-5,8H,3,6-7H2,1-2H3,(H,12,13)(H,14,18)(H,16,17)/t8-/m1/s1. The summed E-state index contributed by atoms with van der Waals surface area (Å²) in [6.45, 7) is 0.299. The number of thioether (sulfide) groups is 1. The summed E-state index contributed by atoms with van der Waals surface area (Å²) in [6.07, 6.45) is 5.56. The van der Waals surface area contributed by atoms with Crippen LogP contribution in [0, 0.1) is 0 Å². The van der Waals surface area contributed by atoms with Crippen LogP contribution in [0.3, 0.4) is 0 Å². The van der Waals surface area contributed by atoms with Gasteiger partial charge in [-0.05, 0) is 18.4 Å². The van der Waals surface area contributed by atoms with Gasteiger partial charge in [-0.3, -0.25) is 0 Å². The van der Waals surface area contributed by atoms with Crippen LogP contribution in [0.4, 0.5) is 4.79 Å². The molecule has 0 aliphatic carbocycles. The summed E-state index contributed by atoms with van der Waals surface area (Å²) in [5.74, 6) is 0.307. The number of carbonyl (C=O) groups is 2. The Labute approximate surface area is 115 Å². The van der Waals surface area contributed by atoms with Crippen molar-refractivity contribution in [3.8, 4) is 0 Å². The molecule has 106 valence electrons. The predicted octanol–water partition coefficient (Wildman–Crippen LogP) is 0.757. The number of H-pyrrole nitrogens is 1. The van der Waals surface area contributed by atoms with Crippen molar-refractivity contribution in [3.63, 3.8) is 0 Å². The second-order valence-electron chi connectivity index (χ2n) is 4.01. The zero-order valence-corrected chi connectivity index (χ0v) is 11.7. The Balaban J connectivity index is 2.48. The van der Waals surface area contributed by atoms with E-state index in [4.69, 9.17) is 5.11 Å². The maximum Gasteiger partial charge on any atom is 0.326 e. The van der Waals surface area contributed by atoms with Crippen molar-refractivity contribution in [2.24, 2.45) is 0 Å². The van der Waals surface area contributed by atoms with E-state index in [1.807, 2.05) is 6.26 Å². The van der Waals surface area contributed by atoms with Gasteiger partial charge in [0.1, 0.15) is 11.9 Å². The highest BCUT2D eigenvalue weighted by atomic mass is 32.2. The number of hydrogen-bond acceptors (Lipinski definition) is 4. The predicted molar refractivity (Wildman–Crippen MR) is 73.0 cm³/mol. The van der Waals surface area contributed by atoms with Crippen LogP contribution in [0.1, 0.15) is 12.2 Å². The lowest BCUT2D eigenvalue weighted by molar-refractivity contribution is -0.139. The molecule has 0 fully saturated rings. The highest BCUT2D eigenvalue weighted by molar-refractivity contribution is 7.98. The lowest BCUT2D eigenvalue weighted by Gasteiger charge is -2.20. The molecule has 0 aliphatic heterocycles. The Morgan fingerprint density at radius 3 is 2.89 bits per heavy atom. The number of urea groups is 1. The van der Waals surface area contributed by atoms with Crippen LogP contribution >= 0.6 is 11.8 Å². The van der Waals surface area contributed by atoms with Crippen molar-refractivity contribution >= 4 is 23.8 Å². The highest BCUT2D eigenvalue weighted by Gasteiger charge is 2.21. The highest BCUT2D eigenvalue weighted by Crippen LogP contribution is 2.03. The summed E-state index contributed by atoms with van der Waals surface area (Å²) in [4.78, 5) is 31.1. The fraction of sp³-hybridized carbons (Fsp3) is 0.545.